The Morgan fingerprint density at radius 1 is 1.04 bits per heavy atom. The van der Waals surface area contributed by atoms with Crippen LogP contribution < -0.4 is 14.8 Å². The number of nitrogens with one attached hydrogen (secondary N) is 1. The smallest absolute Gasteiger partial charge is 0.387 e. The number of rotatable bonds is 5. The first-order valence-corrected chi connectivity index (χ1v) is 7.75. The van der Waals surface area contributed by atoms with Gasteiger partial charge in [-0.3, -0.25) is 4.79 Å². The molecule has 0 heterocycles. The number of amides is 1. The van der Waals surface area contributed by atoms with Gasteiger partial charge in [0.05, 0.1) is 7.11 Å². The lowest BCUT2D eigenvalue weighted by Crippen LogP contribution is -2.14. The molecule has 1 N–H and O–H groups in total. The minimum Gasteiger partial charge on any atom is -0.493 e. The number of hydrogen-bond acceptors (Lipinski definition) is 3. The van der Waals surface area contributed by atoms with Crippen LogP contribution in [0.2, 0.25) is 0 Å². The van der Waals surface area contributed by atoms with Crippen LogP contribution in [0.3, 0.4) is 0 Å². The van der Waals surface area contributed by atoms with Gasteiger partial charge in [-0.25, -0.2) is 0 Å². The fourth-order valence-corrected chi connectivity index (χ4v) is 2.26. The summed E-state index contributed by atoms with van der Waals surface area (Å²) in [6.45, 7) is 3.36. The number of benzene rings is 2. The molecule has 0 radical (unpaired) electrons. The second-order valence-electron chi connectivity index (χ2n) is 6.53. The molecule has 1 amide bonds. The van der Waals surface area contributed by atoms with Gasteiger partial charge in [0.2, 0.25) is 0 Å². The topological polar surface area (TPSA) is 47.6 Å². The Hall–Kier alpha value is -2.63. The van der Waals surface area contributed by atoms with E-state index in [4.69, 9.17) is 4.74 Å². The van der Waals surface area contributed by atoms with Gasteiger partial charge in [0, 0.05) is 11.3 Å². The third kappa shape index (κ3) is 4.92. The van der Waals surface area contributed by atoms with Crippen LogP contribution in [0.5, 0.6) is 11.5 Å². The van der Waals surface area contributed by atoms with Crippen molar-refractivity contribution in [3.63, 3.8) is 0 Å². The van der Waals surface area contributed by atoms with Crippen molar-refractivity contribution in [2.75, 3.05) is 12.4 Å². The fourth-order valence-electron chi connectivity index (χ4n) is 2.26. The van der Waals surface area contributed by atoms with Crippen LogP contribution in [0.15, 0.2) is 42.5 Å². The molecule has 4 nitrogen and oxygen atoms in total. The van der Waals surface area contributed by atoms with E-state index in [1.165, 1.54) is 25.3 Å². The summed E-state index contributed by atoms with van der Waals surface area (Å²) in [7, 11) is 1.32. The van der Waals surface area contributed by atoms with E-state index in [1.54, 1.807) is 0 Å². The second kappa shape index (κ2) is 7.51. The predicted molar refractivity (Wildman–Crippen MR) is 92.7 cm³/mol. The lowest BCUT2D eigenvalue weighted by Gasteiger charge is -2.19. The van der Waals surface area contributed by atoms with Gasteiger partial charge in [-0.2, -0.15) is 8.78 Å². The zero-order valence-corrected chi connectivity index (χ0v) is 14.6. The molecule has 6 heteroatoms. The van der Waals surface area contributed by atoms with E-state index in [9.17, 15) is 13.6 Å². The molecule has 0 aromatic heterocycles. The van der Waals surface area contributed by atoms with Crippen LogP contribution in [0.1, 0.15) is 36.7 Å². The van der Waals surface area contributed by atoms with E-state index in [-0.39, 0.29) is 28.4 Å². The van der Waals surface area contributed by atoms with Crippen LogP contribution in [-0.2, 0) is 5.41 Å². The number of anilines is 1. The van der Waals surface area contributed by atoms with E-state index in [0.29, 0.717) is 5.69 Å². The molecule has 2 rings (SSSR count). The molecule has 0 fully saturated rings. The molecule has 0 bridgehead atoms. The number of methoxy groups -OCH3 is 1. The summed E-state index contributed by atoms with van der Waals surface area (Å²) < 4.78 is 34.0. The molecule has 0 unspecified atom stereocenters. The molecular weight excluding hydrogens is 328 g/mol. The summed E-state index contributed by atoms with van der Waals surface area (Å²) in [4.78, 5) is 12.3. The van der Waals surface area contributed by atoms with Crippen molar-refractivity contribution in [2.45, 2.75) is 32.8 Å². The molecule has 0 aliphatic carbocycles. The Morgan fingerprint density at radius 2 is 1.68 bits per heavy atom. The summed E-state index contributed by atoms with van der Waals surface area (Å²) in [5, 5.41) is 2.76. The third-order valence-corrected chi connectivity index (χ3v) is 3.65. The molecule has 0 aliphatic heterocycles. The number of ether oxygens (including phenoxy) is 2. The largest absolute Gasteiger partial charge is 0.493 e. The van der Waals surface area contributed by atoms with Crippen molar-refractivity contribution < 1.29 is 23.0 Å². The van der Waals surface area contributed by atoms with Crippen molar-refractivity contribution in [2.24, 2.45) is 0 Å². The lowest BCUT2D eigenvalue weighted by atomic mass is 9.87. The third-order valence-electron chi connectivity index (χ3n) is 3.65. The van der Waals surface area contributed by atoms with Gasteiger partial charge in [0.15, 0.2) is 11.5 Å². The van der Waals surface area contributed by atoms with Crippen LogP contribution in [0, 0.1) is 0 Å². The first-order valence-electron chi connectivity index (χ1n) is 7.75. The van der Waals surface area contributed by atoms with Crippen molar-refractivity contribution in [1.82, 2.24) is 0 Å². The number of halogens is 2. The van der Waals surface area contributed by atoms with E-state index in [1.807, 2.05) is 24.3 Å². The van der Waals surface area contributed by atoms with Crippen molar-refractivity contribution in [1.29, 1.82) is 0 Å². The Labute approximate surface area is 145 Å². The van der Waals surface area contributed by atoms with E-state index in [0.717, 1.165) is 5.56 Å². The van der Waals surface area contributed by atoms with Gasteiger partial charge >= 0.3 is 6.61 Å². The summed E-state index contributed by atoms with van der Waals surface area (Å²) in [6.07, 6.45) is 0. The molecular formula is C19H21F2NO3. The highest BCUT2D eigenvalue weighted by Crippen LogP contribution is 2.30. The quantitative estimate of drug-likeness (QED) is 0.840. The number of carbonyl (C=O) groups excluding carboxylic acids is 1. The van der Waals surface area contributed by atoms with Gasteiger partial charge < -0.3 is 14.8 Å². The molecule has 0 spiro atoms. The molecule has 134 valence electrons. The van der Waals surface area contributed by atoms with Crippen molar-refractivity contribution >= 4 is 11.6 Å². The Balaban J connectivity index is 2.15. The van der Waals surface area contributed by atoms with Crippen molar-refractivity contribution in [3.8, 4) is 11.5 Å². The second-order valence-corrected chi connectivity index (χ2v) is 6.53. The minimum absolute atomic E-state index is 0.0242. The standard InChI is InChI=1S/C19H21F2NO3/c1-19(2,3)13-6-8-14(9-7-13)22-17(23)12-5-10-15(25-18(20)21)16(11-12)24-4/h5-11,18H,1-4H3,(H,22,23). The van der Waals surface area contributed by atoms with E-state index < -0.39 is 6.61 Å². The monoisotopic (exact) mass is 349 g/mol. The van der Waals surface area contributed by atoms with Crippen LogP contribution >= 0.6 is 0 Å². The van der Waals surface area contributed by atoms with Crippen LogP contribution in [0.4, 0.5) is 14.5 Å². The maximum Gasteiger partial charge on any atom is 0.387 e. The number of hydrogen-bond donors (Lipinski definition) is 1. The van der Waals surface area contributed by atoms with E-state index in [2.05, 4.69) is 30.8 Å². The van der Waals surface area contributed by atoms with E-state index >= 15 is 0 Å². The molecule has 0 saturated carbocycles. The average molecular weight is 349 g/mol. The maximum atomic E-state index is 12.3. The van der Waals surface area contributed by atoms with Gasteiger partial charge in [-0.1, -0.05) is 32.9 Å². The molecule has 25 heavy (non-hydrogen) atoms. The Bertz CT molecular complexity index is 737. The fraction of sp³-hybridized carbons (Fsp3) is 0.316. The number of carbonyl (C=O) groups is 1. The lowest BCUT2D eigenvalue weighted by molar-refractivity contribution is -0.0512. The highest BCUT2D eigenvalue weighted by atomic mass is 19.3. The van der Waals surface area contributed by atoms with Gasteiger partial charge in [-0.15, -0.1) is 0 Å². The molecule has 2 aromatic carbocycles. The summed E-state index contributed by atoms with van der Waals surface area (Å²) >= 11 is 0. The van der Waals surface area contributed by atoms with Gasteiger partial charge in [-0.05, 0) is 41.3 Å². The van der Waals surface area contributed by atoms with Crippen molar-refractivity contribution in [3.05, 3.63) is 53.6 Å². The van der Waals surface area contributed by atoms with Crippen LogP contribution in [-0.4, -0.2) is 19.6 Å². The normalized spacial score (nSPS) is 11.3. The molecule has 0 aliphatic rings. The molecule has 0 saturated heterocycles. The van der Waals surface area contributed by atoms with Crippen LogP contribution in [0.25, 0.3) is 0 Å². The average Bonchev–Trinajstić information content (AvgIpc) is 2.54. The Kier molecular flexibility index (Phi) is 5.62. The zero-order chi connectivity index (χ0) is 18.6. The molecule has 0 atom stereocenters. The van der Waals surface area contributed by atoms with Gasteiger partial charge in [0.25, 0.3) is 5.91 Å². The highest BCUT2D eigenvalue weighted by molar-refractivity contribution is 6.04. The number of alkyl halides is 2. The molecule has 2 aromatic rings. The van der Waals surface area contributed by atoms with Gasteiger partial charge in [0.1, 0.15) is 0 Å². The predicted octanol–water partition coefficient (Wildman–Crippen LogP) is 4.85. The summed E-state index contributed by atoms with van der Waals surface area (Å²) in [6, 6.07) is 11.6. The highest BCUT2D eigenvalue weighted by Gasteiger charge is 2.16. The SMILES string of the molecule is COc1cc(C(=O)Nc2ccc(C(C)(C)C)cc2)ccc1OC(F)F. The summed E-state index contributed by atoms with van der Waals surface area (Å²) in [5.41, 5.74) is 2.10. The summed E-state index contributed by atoms with van der Waals surface area (Å²) in [5.74, 6) is -0.426. The first-order chi connectivity index (χ1) is 11.7. The minimum atomic E-state index is -2.96. The Morgan fingerprint density at radius 3 is 2.20 bits per heavy atom. The maximum absolute atomic E-state index is 12.3. The zero-order valence-electron chi connectivity index (χ0n) is 14.6. The first kappa shape index (κ1) is 18.7.